The third-order valence-electron chi connectivity index (χ3n) is 6.22. The van der Waals surface area contributed by atoms with Crippen molar-refractivity contribution in [3.05, 3.63) is 46.5 Å². The average Bonchev–Trinajstić information content (AvgIpc) is 2.92. The summed E-state index contributed by atoms with van der Waals surface area (Å²) in [5.41, 5.74) is -0.573. The predicted octanol–water partition coefficient (Wildman–Crippen LogP) is 0.242. The molecule has 224 valence electrons. The summed E-state index contributed by atoms with van der Waals surface area (Å²) in [5, 5.41) is 53.2. The summed E-state index contributed by atoms with van der Waals surface area (Å²) in [5.74, 6) is -3.66. The zero-order valence-corrected chi connectivity index (χ0v) is 22.5. The van der Waals surface area contributed by atoms with E-state index < -0.39 is 59.2 Å². The fourth-order valence-electron chi connectivity index (χ4n) is 4.23. The minimum atomic E-state index is -1.36. The van der Waals surface area contributed by atoms with Gasteiger partial charge in [0.1, 0.15) is 23.6 Å². The zero-order valence-electron chi connectivity index (χ0n) is 22.5. The van der Waals surface area contributed by atoms with Gasteiger partial charge in [-0.25, -0.2) is 9.59 Å². The van der Waals surface area contributed by atoms with Gasteiger partial charge in [0.25, 0.3) is 0 Å². The number of rotatable bonds is 12. The molecule has 0 aliphatic heterocycles. The first kappa shape index (κ1) is 31.0. The van der Waals surface area contributed by atoms with Gasteiger partial charge in [0.15, 0.2) is 0 Å². The van der Waals surface area contributed by atoms with Crippen molar-refractivity contribution in [2.75, 3.05) is 36.8 Å². The Labute approximate surface area is 238 Å². The minimum absolute atomic E-state index is 0.0267. The smallest absolute Gasteiger partial charge is 0.405 e. The van der Waals surface area contributed by atoms with E-state index in [1.807, 2.05) is 10.6 Å². The second-order valence-corrected chi connectivity index (χ2v) is 9.20. The molecule has 0 spiro atoms. The van der Waals surface area contributed by atoms with Gasteiger partial charge in [-0.15, -0.1) is 0 Å². The van der Waals surface area contributed by atoms with Crippen LogP contribution in [0.3, 0.4) is 0 Å². The third-order valence-corrected chi connectivity index (χ3v) is 6.22. The van der Waals surface area contributed by atoms with E-state index in [0.29, 0.717) is 0 Å². The molecule has 10 N–H and O–H groups in total. The van der Waals surface area contributed by atoms with Crippen LogP contribution in [0, 0.1) is 0 Å². The fraction of sp³-hybridized carbons (Fsp3) is 0.308. The number of carbonyl (C=O) groups excluding carboxylic acids is 4. The lowest BCUT2D eigenvalue weighted by atomic mass is 9.81. The number of anilines is 2. The number of amides is 4. The normalized spacial score (nSPS) is 13.1. The summed E-state index contributed by atoms with van der Waals surface area (Å²) < 4.78 is 0. The largest absolute Gasteiger partial charge is 0.507 e. The molecule has 3 rings (SSSR count). The summed E-state index contributed by atoms with van der Waals surface area (Å²) >= 11 is 0. The summed E-state index contributed by atoms with van der Waals surface area (Å²) in [7, 11) is 0. The van der Waals surface area contributed by atoms with Crippen LogP contribution in [-0.4, -0.2) is 94.3 Å². The van der Waals surface area contributed by atoms with Gasteiger partial charge in [-0.1, -0.05) is 0 Å². The van der Waals surface area contributed by atoms with Crippen LogP contribution in [-0.2, 0) is 9.59 Å². The van der Waals surface area contributed by atoms with Crippen molar-refractivity contribution in [3.63, 3.8) is 0 Å². The zero-order chi connectivity index (χ0) is 31.1. The Morgan fingerprint density at radius 1 is 0.619 bits per heavy atom. The highest BCUT2D eigenvalue weighted by Crippen LogP contribution is 2.42. The molecule has 0 bridgehead atoms. The van der Waals surface area contributed by atoms with Gasteiger partial charge >= 0.3 is 12.2 Å². The van der Waals surface area contributed by atoms with Crippen LogP contribution in [0.2, 0.25) is 0 Å². The topological polar surface area (TPSA) is 256 Å². The summed E-state index contributed by atoms with van der Waals surface area (Å²) in [6, 6.07) is 3.15. The number of ketones is 2. The number of carboxylic acid groups (broad SMARTS) is 2. The number of carbonyl (C=O) groups is 6. The van der Waals surface area contributed by atoms with Gasteiger partial charge < -0.3 is 52.3 Å². The van der Waals surface area contributed by atoms with Crippen molar-refractivity contribution in [2.45, 2.75) is 25.9 Å². The Hall–Kier alpha value is -5.54. The van der Waals surface area contributed by atoms with E-state index in [1.165, 1.54) is 26.0 Å². The van der Waals surface area contributed by atoms with E-state index in [1.54, 1.807) is 0 Å². The van der Waals surface area contributed by atoms with Crippen molar-refractivity contribution >= 4 is 46.9 Å². The second kappa shape index (κ2) is 13.2. The van der Waals surface area contributed by atoms with E-state index in [2.05, 4.69) is 21.3 Å². The molecule has 2 aromatic carbocycles. The van der Waals surface area contributed by atoms with Gasteiger partial charge in [0, 0.05) is 37.6 Å². The molecule has 1 aliphatic rings. The van der Waals surface area contributed by atoms with Gasteiger partial charge in [0.05, 0.1) is 22.3 Å². The lowest BCUT2D eigenvalue weighted by Gasteiger charge is -2.25. The Bertz CT molecular complexity index is 1340. The van der Waals surface area contributed by atoms with Crippen molar-refractivity contribution in [1.82, 2.24) is 21.3 Å². The lowest BCUT2D eigenvalue weighted by molar-refractivity contribution is -0.123. The maximum Gasteiger partial charge on any atom is 0.405 e. The molecule has 42 heavy (non-hydrogen) atoms. The van der Waals surface area contributed by atoms with Crippen LogP contribution in [0.1, 0.15) is 45.7 Å². The molecule has 0 aromatic heterocycles. The molecular formula is C26H30N6O10. The summed E-state index contributed by atoms with van der Waals surface area (Å²) in [6.45, 7) is 2.92. The van der Waals surface area contributed by atoms with Crippen molar-refractivity contribution in [1.29, 1.82) is 0 Å². The number of hydrogen-bond acceptors (Lipinski definition) is 10. The van der Waals surface area contributed by atoms with Crippen molar-refractivity contribution in [2.24, 2.45) is 0 Å². The first-order valence-electron chi connectivity index (χ1n) is 12.7. The Morgan fingerprint density at radius 2 is 0.976 bits per heavy atom. The number of phenolic OH excluding ortho intramolecular Hbond substituents is 2. The molecule has 2 atom stereocenters. The number of aromatic hydroxyl groups is 2. The Morgan fingerprint density at radius 3 is 1.31 bits per heavy atom. The Balaban J connectivity index is 1.82. The van der Waals surface area contributed by atoms with E-state index in [9.17, 15) is 39.0 Å². The molecule has 0 saturated carbocycles. The first-order valence-corrected chi connectivity index (χ1v) is 12.7. The molecule has 1 aliphatic carbocycles. The Kier molecular flexibility index (Phi) is 9.75. The predicted molar refractivity (Wildman–Crippen MR) is 147 cm³/mol. The average molecular weight is 587 g/mol. The van der Waals surface area contributed by atoms with Crippen LogP contribution in [0.15, 0.2) is 24.3 Å². The van der Waals surface area contributed by atoms with Gasteiger partial charge in [0.2, 0.25) is 23.4 Å². The van der Waals surface area contributed by atoms with E-state index in [-0.39, 0.29) is 59.8 Å². The fourth-order valence-corrected chi connectivity index (χ4v) is 4.23. The summed E-state index contributed by atoms with van der Waals surface area (Å²) in [6.07, 6.45) is -2.72. The summed E-state index contributed by atoms with van der Waals surface area (Å²) in [4.78, 5) is 72.7. The highest BCUT2D eigenvalue weighted by molar-refractivity contribution is 6.33. The molecule has 0 unspecified atom stereocenters. The maximum absolute atomic E-state index is 13.6. The molecule has 16 nitrogen and oxygen atoms in total. The standard InChI is InChI=1S/C26H30N6O10/c1-11(31-25(39)40)23(37)29-9-7-27-13-3-4-14(28-8-10-30-24(38)12(2)32-26(41)42)18-17(13)21(35)19-15(33)5-6-16(34)20(19)22(18)36/h3-6,11-12,27-28,31-34H,7-10H2,1-2H3,(H,29,37)(H,30,38)(H,39,40)(H,41,42)/t11-,12-/m0/s1. The van der Waals surface area contributed by atoms with Crippen LogP contribution in [0.5, 0.6) is 11.5 Å². The van der Waals surface area contributed by atoms with Crippen LogP contribution in [0.25, 0.3) is 0 Å². The molecule has 0 saturated heterocycles. The number of nitrogens with one attached hydrogen (secondary N) is 6. The lowest BCUT2D eigenvalue weighted by Crippen LogP contribution is -2.45. The number of hydrogen-bond donors (Lipinski definition) is 10. The number of phenols is 2. The quantitative estimate of drug-likeness (QED) is 0.101. The molecule has 4 amide bonds. The first-order chi connectivity index (χ1) is 19.8. The third kappa shape index (κ3) is 6.96. The van der Waals surface area contributed by atoms with E-state index >= 15 is 0 Å². The SMILES string of the molecule is C[C@H](NC(=O)O)C(=O)NCCNc1ccc(NCCNC(=O)[C@H](C)NC(=O)O)c2c1C(=O)c1c(O)ccc(O)c1C2=O. The minimum Gasteiger partial charge on any atom is -0.507 e. The van der Waals surface area contributed by atoms with E-state index in [0.717, 1.165) is 12.1 Å². The van der Waals surface area contributed by atoms with Gasteiger partial charge in [-0.3, -0.25) is 19.2 Å². The van der Waals surface area contributed by atoms with E-state index in [4.69, 9.17) is 10.2 Å². The highest BCUT2D eigenvalue weighted by Gasteiger charge is 2.38. The molecular weight excluding hydrogens is 556 g/mol. The van der Waals surface area contributed by atoms with Crippen molar-refractivity contribution < 1.29 is 49.2 Å². The molecule has 0 heterocycles. The van der Waals surface area contributed by atoms with Crippen molar-refractivity contribution in [3.8, 4) is 11.5 Å². The molecule has 2 aromatic rings. The number of benzene rings is 2. The van der Waals surface area contributed by atoms with Crippen LogP contribution in [0.4, 0.5) is 21.0 Å². The van der Waals surface area contributed by atoms with Gasteiger partial charge in [-0.05, 0) is 38.1 Å². The number of fused-ring (bicyclic) bond motifs is 2. The monoisotopic (exact) mass is 586 g/mol. The second-order valence-electron chi connectivity index (χ2n) is 9.20. The van der Waals surface area contributed by atoms with Crippen LogP contribution < -0.4 is 31.9 Å². The molecule has 0 fully saturated rings. The van der Waals surface area contributed by atoms with Crippen LogP contribution >= 0.6 is 0 Å². The maximum atomic E-state index is 13.6. The molecule has 0 radical (unpaired) electrons. The molecule has 16 heteroatoms. The van der Waals surface area contributed by atoms with Gasteiger partial charge in [-0.2, -0.15) is 0 Å². The highest BCUT2D eigenvalue weighted by atomic mass is 16.4.